The number of aromatic nitrogens is 4. The summed E-state index contributed by atoms with van der Waals surface area (Å²) in [5.41, 5.74) is 28.3. The molecule has 0 aliphatic heterocycles. The Morgan fingerprint density at radius 3 is 1.03 bits per heavy atom. The van der Waals surface area contributed by atoms with Crippen LogP contribution in [0.2, 0.25) is 0 Å². The predicted molar refractivity (Wildman–Crippen MR) is 300 cm³/mol. The van der Waals surface area contributed by atoms with Crippen molar-refractivity contribution >= 4 is 0 Å². The fraction of sp³-hybridized carbons (Fsp3) is 0.114. The molecule has 0 radical (unpaired) electrons. The lowest BCUT2D eigenvalue weighted by molar-refractivity contribution is 0.660. The highest BCUT2D eigenvalue weighted by Crippen LogP contribution is 2.57. The van der Waals surface area contributed by atoms with Gasteiger partial charge in [-0.2, -0.15) is 0 Å². The molecular formula is C70H50N4. The molecule has 74 heavy (non-hydrogen) atoms. The van der Waals surface area contributed by atoms with Crippen molar-refractivity contribution in [2.45, 2.75) is 50.4 Å². The van der Waals surface area contributed by atoms with Gasteiger partial charge >= 0.3 is 0 Å². The molecule has 0 amide bonds. The Morgan fingerprint density at radius 1 is 0.257 bits per heavy atom. The molecule has 2 heterocycles. The van der Waals surface area contributed by atoms with Crippen LogP contribution in [-0.2, 0) is 10.8 Å². The van der Waals surface area contributed by atoms with Gasteiger partial charge in [-0.15, -0.1) is 0 Å². The highest BCUT2D eigenvalue weighted by Gasteiger charge is 2.42. The maximum Gasteiger partial charge on any atom is 0.160 e. The Bertz CT molecular complexity index is 3880. The SMILES string of the molecule is CC1(C)c2ccccc2-c2ccc(-c3cc(-c4ccccc4)nc(-c4ccc5c(c4)C4c6ccccc6C5c5cc(-c6nc(-c7ccccc7)cc(-c7ccc8c(c7)C(C)(C)c7ccccc7-8)n6)ccc54)n3)cc21. The van der Waals surface area contributed by atoms with Crippen molar-refractivity contribution in [3.63, 3.8) is 0 Å². The van der Waals surface area contributed by atoms with E-state index in [9.17, 15) is 0 Å². The van der Waals surface area contributed by atoms with Gasteiger partial charge in [0.25, 0.3) is 0 Å². The van der Waals surface area contributed by atoms with E-state index in [4.69, 9.17) is 19.9 Å². The number of hydrogen-bond donors (Lipinski definition) is 0. The normalized spacial score (nSPS) is 16.3. The van der Waals surface area contributed by atoms with Crippen LogP contribution < -0.4 is 0 Å². The second-order valence-corrected chi connectivity index (χ2v) is 21.7. The summed E-state index contributed by atoms with van der Waals surface area (Å²) in [7, 11) is 0. The summed E-state index contributed by atoms with van der Waals surface area (Å²) in [6, 6.07) is 79.7. The van der Waals surface area contributed by atoms with E-state index in [-0.39, 0.29) is 22.7 Å². The largest absolute Gasteiger partial charge is 0.228 e. The van der Waals surface area contributed by atoms with Gasteiger partial charge in [-0.1, -0.05) is 210 Å². The van der Waals surface area contributed by atoms with Crippen molar-refractivity contribution in [2.24, 2.45) is 0 Å². The molecule has 4 heteroatoms. The van der Waals surface area contributed by atoms with Crippen LogP contribution in [-0.4, -0.2) is 19.9 Å². The minimum Gasteiger partial charge on any atom is -0.228 e. The van der Waals surface area contributed by atoms with E-state index in [1.807, 2.05) is 0 Å². The number of hydrogen-bond acceptors (Lipinski definition) is 4. The molecule has 0 saturated carbocycles. The average Bonchev–Trinajstić information content (AvgIpc) is 3.90. The highest BCUT2D eigenvalue weighted by molar-refractivity contribution is 5.86. The quantitative estimate of drug-likeness (QED) is 0.167. The van der Waals surface area contributed by atoms with Gasteiger partial charge in [0.2, 0.25) is 0 Å². The monoisotopic (exact) mass is 946 g/mol. The first-order valence-corrected chi connectivity index (χ1v) is 25.9. The second-order valence-electron chi connectivity index (χ2n) is 21.7. The molecule has 2 unspecified atom stereocenters. The summed E-state index contributed by atoms with van der Waals surface area (Å²) in [5, 5.41) is 0. The highest BCUT2D eigenvalue weighted by atomic mass is 14.9. The van der Waals surface area contributed by atoms with E-state index in [2.05, 4.69) is 246 Å². The topological polar surface area (TPSA) is 51.6 Å². The van der Waals surface area contributed by atoms with Crippen LogP contribution in [0.4, 0.5) is 0 Å². The first-order chi connectivity index (χ1) is 36.2. The van der Waals surface area contributed by atoms with Crippen molar-refractivity contribution in [3.8, 4) is 90.1 Å². The molecule has 0 fully saturated rings. The molecule has 5 aliphatic rings. The number of rotatable bonds is 6. The van der Waals surface area contributed by atoms with Gasteiger partial charge in [0.05, 0.1) is 22.8 Å². The Morgan fingerprint density at radius 2 is 0.595 bits per heavy atom. The van der Waals surface area contributed by atoms with E-state index in [1.54, 1.807) is 0 Å². The summed E-state index contributed by atoms with van der Waals surface area (Å²) in [4.78, 5) is 21.6. The van der Waals surface area contributed by atoms with E-state index >= 15 is 0 Å². The molecule has 350 valence electrons. The zero-order valence-corrected chi connectivity index (χ0v) is 41.7. The number of fused-ring (bicyclic) bond motifs is 6. The third-order valence-electron chi connectivity index (χ3n) is 16.9. The van der Waals surface area contributed by atoms with Crippen molar-refractivity contribution < 1.29 is 0 Å². The lowest BCUT2D eigenvalue weighted by Crippen LogP contribution is -2.27. The van der Waals surface area contributed by atoms with Crippen LogP contribution in [0.15, 0.2) is 218 Å². The van der Waals surface area contributed by atoms with Gasteiger partial charge < -0.3 is 0 Å². The summed E-state index contributed by atoms with van der Waals surface area (Å²) >= 11 is 0. The van der Waals surface area contributed by atoms with Crippen LogP contribution in [0.25, 0.3) is 90.1 Å². The number of benzene rings is 9. The molecule has 2 atom stereocenters. The van der Waals surface area contributed by atoms with Gasteiger partial charge in [0, 0.05) is 56.0 Å². The summed E-state index contributed by atoms with van der Waals surface area (Å²) in [6.45, 7) is 9.35. The third-order valence-corrected chi connectivity index (χ3v) is 16.9. The van der Waals surface area contributed by atoms with Crippen molar-refractivity contribution in [1.82, 2.24) is 19.9 Å². The van der Waals surface area contributed by atoms with E-state index in [0.29, 0.717) is 0 Å². The Hall–Kier alpha value is -8.86. The fourth-order valence-electron chi connectivity index (χ4n) is 13.2. The van der Waals surface area contributed by atoms with Crippen molar-refractivity contribution in [3.05, 3.63) is 274 Å². The van der Waals surface area contributed by atoms with Crippen LogP contribution in [0.1, 0.15) is 95.2 Å². The van der Waals surface area contributed by atoms with E-state index < -0.39 is 0 Å². The second kappa shape index (κ2) is 15.8. The Kier molecular flexibility index (Phi) is 9.15. The summed E-state index contributed by atoms with van der Waals surface area (Å²) in [6.07, 6.45) is 0. The molecule has 0 saturated heterocycles. The molecule has 16 rings (SSSR count). The standard InChI is InChI=1S/C70H50N4/c1-69(2)57-25-15-13-21-47(57)49-31-27-43(37-59(49)69)63-39-61(41-17-7-5-8-18-41)71-67(73-63)45-29-33-53-55(35-45)65-51-23-11-12-24-52(51)66(53)56-36-46(30-34-54(56)65)68-72-62(42-19-9-6-10-20-42)40-64(74-68)44-28-32-50-48-22-14-16-26-58(48)70(3,4)60(50)38-44/h5-40,65-66H,1-4H3. The molecule has 2 aromatic heterocycles. The molecule has 5 aliphatic carbocycles. The van der Waals surface area contributed by atoms with E-state index in [1.165, 1.54) is 77.9 Å². The Labute approximate surface area is 432 Å². The smallest absolute Gasteiger partial charge is 0.160 e. The van der Waals surface area contributed by atoms with Gasteiger partial charge in [-0.3, -0.25) is 0 Å². The molecule has 11 aromatic rings. The zero-order valence-electron chi connectivity index (χ0n) is 41.7. The molecule has 4 nitrogen and oxygen atoms in total. The zero-order chi connectivity index (χ0) is 49.5. The van der Waals surface area contributed by atoms with Crippen LogP contribution in [0.5, 0.6) is 0 Å². The van der Waals surface area contributed by atoms with Gasteiger partial charge in [0.15, 0.2) is 11.6 Å². The molecule has 0 N–H and O–H groups in total. The van der Waals surface area contributed by atoms with Crippen molar-refractivity contribution in [2.75, 3.05) is 0 Å². The van der Waals surface area contributed by atoms with Gasteiger partial charge in [0.1, 0.15) is 0 Å². The average molecular weight is 947 g/mol. The number of nitrogens with zero attached hydrogens (tertiary/aromatic N) is 4. The maximum atomic E-state index is 5.43. The van der Waals surface area contributed by atoms with Gasteiger partial charge in [-0.25, -0.2) is 19.9 Å². The molecule has 2 bridgehead atoms. The first-order valence-electron chi connectivity index (χ1n) is 25.9. The minimum atomic E-state index is -0.124. The molecule has 9 aromatic carbocycles. The van der Waals surface area contributed by atoms with Crippen LogP contribution in [0, 0.1) is 0 Å². The van der Waals surface area contributed by atoms with Crippen LogP contribution in [0.3, 0.4) is 0 Å². The fourth-order valence-corrected chi connectivity index (χ4v) is 13.2. The molecular weight excluding hydrogens is 897 g/mol. The predicted octanol–water partition coefficient (Wildman–Crippen LogP) is 16.9. The van der Waals surface area contributed by atoms with Crippen LogP contribution >= 0.6 is 0 Å². The minimum absolute atomic E-state index is 0.0403. The third kappa shape index (κ3) is 6.34. The Balaban J connectivity index is 0.841. The lowest BCUT2D eigenvalue weighted by Gasteiger charge is -2.42. The van der Waals surface area contributed by atoms with E-state index in [0.717, 1.165) is 67.8 Å². The lowest BCUT2D eigenvalue weighted by atomic mass is 9.61. The van der Waals surface area contributed by atoms with Gasteiger partial charge in [-0.05, 0) is 114 Å². The molecule has 0 spiro atoms. The summed E-state index contributed by atoms with van der Waals surface area (Å²) < 4.78 is 0. The first kappa shape index (κ1) is 42.8. The summed E-state index contributed by atoms with van der Waals surface area (Å²) in [5.74, 6) is 1.53. The van der Waals surface area contributed by atoms with Crippen molar-refractivity contribution in [1.29, 1.82) is 0 Å². The maximum absolute atomic E-state index is 5.43.